The molecule has 0 saturated carbocycles. The lowest BCUT2D eigenvalue weighted by Gasteiger charge is -2.37. The Hall–Kier alpha value is -1.67. The Morgan fingerprint density at radius 1 is 1.32 bits per heavy atom. The van der Waals surface area contributed by atoms with Crippen LogP contribution in [0.4, 0.5) is 0 Å². The molecule has 2 bridgehead atoms. The van der Waals surface area contributed by atoms with Crippen molar-refractivity contribution < 1.29 is 29.0 Å². The fraction of sp³-hybridized carbons (Fsp3) is 0.870. The molecule has 3 aliphatic rings. The molecule has 0 aromatic carbocycles. The van der Waals surface area contributed by atoms with E-state index in [4.69, 9.17) is 9.47 Å². The van der Waals surface area contributed by atoms with Crippen LogP contribution >= 0.6 is 0 Å². The Morgan fingerprint density at radius 2 is 2.06 bits per heavy atom. The number of carbonyl (C=O) groups is 3. The third kappa shape index (κ3) is 4.21. The van der Waals surface area contributed by atoms with E-state index in [1.807, 2.05) is 13.8 Å². The second kappa shape index (κ2) is 9.86. The SMILES string of the molecule is CCCCCNC(=O)[C@@H]1N([C@@H](CO)CC(C)C)C(=O)[C@H]2[C@H](C(=O)OCC)[C@@H]3CC[C@]12O3. The maximum Gasteiger partial charge on any atom is 0.312 e. The molecule has 8 heteroatoms. The molecule has 2 amide bonds. The number of nitrogens with zero attached hydrogens (tertiary/aromatic N) is 1. The molecule has 0 aromatic heterocycles. The van der Waals surface area contributed by atoms with Gasteiger partial charge in [0.2, 0.25) is 11.8 Å². The normalized spacial score (nSPS) is 32.5. The summed E-state index contributed by atoms with van der Waals surface area (Å²) in [6.07, 6.45) is 4.26. The summed E-state index contributed by atoms with van der Waals surface area (Å²) in [5, 5.41) is 13.1. The molecule has 3 heterocycles. The Balaban J connectivity index is 1.95. The van der Waals surface area contributed by atoms with Crippen molar-refractivity contribution >= 4 is 17.8 Å². The van der Waals surface area contributed by atoms with Gasteiger partial charge in [0.1, 0.15) is 11.6 Å². The number of fused-ring (bicyclic) bond motifs is 1. The average Bonchev–Trinajstić information content (AvgIpc) is 3.36. The molecule has 8 nitrogen and oxygen atoms in total. The van der Waals surface area contributed by atoms with Gasteiger partial charge in [0.25, 0.3) is 0 Å². The van der Waals surface area contributed by atoms with Crippen LogP contribution in [0.3, 0.4) is 0 Å². The van der Waals surface area contributed by atoms with Gasteiger partial charge in [-0.3, -0.25) is 14.4 Å². The highest BCUT2D eigenvalue weighted by molar-refractivity contribution is 5.98. The number of carbonyl (C=O) groups excluding carboxylic acids is 3. The van der Waals surface area contributed by atoms with Gasteiger partial charge in [0, 0.05) is 6.54 Å². The van der Waals surface area contributed by atoms with Crippen molar-refractivity contribution in [3.8, 4) is 0 Å². The van der Waals surface area contributed by atoms with Crippen LogP contribution in [0.15, 0.2) is 0 Å². The van der Waals surface area contributed by atoms with Gasteiger partial charge in [0.15, 0.2) is 0 Å². The highest BCUT2D eigenvalue weighted by Crippen LogP contribution is 2.59. The van der Waals surface area contributed by atoms with Crippen molar-refractivity contribution in [2.45, 2.75) is 90.0 Å². The van der Waals surface area contributed by atoms with Gasteiger partial charge in [-0.15, -0.1) is 0 Å². The lowest BCUT2D eigenvalue weighted by Crippen LogP contribution is -2.58. The van der Waals surface area contributed by atoms with E-state index in [0.717, 1.165) is 19.3 Å². The molecule has 0 aromatic rings. The van der Waals surface area contributed by atoms with Gasteiger partial charge < -0.3 is 24.8 Å². The zero-order valence-electron chi connectivity index (χ0n) is 19.3. The van der Waals surface area contributed by atoms with Gasteiger partial charge in [-0.25, -0.2) is 0 Å². The third-order valence-electron chi connectivity index (χ3n) is 6.97. The Morgan fingerprint density at radius 3 is 2.68 bits per heavy atom. The lowest BCUT2D eigenvalue weighted by molar-refractivity contribution is -0.155. The number of esters is 1. The van der Waals surface area contributed by atoms with Crippen molar-refractivity contribution in [1.82, 2.24) is 10.2 Å². The zero-order valence-corrected chi connectivity index (χ0v) is 19.3. The molecule has 2 N–H and O–H groups in total. The summed E-state index contributed by atoms with van der Waals surface area (Å²) in [6.45, 7) is 8.40. The highest BCUT2D eigenvalue weighted by Gasteiger charge is 2.75. The van der Waals surface area contributed by atoms with Crippen molar-refractivity contribution in [3.63, 3.8) is 0 Å². The predicted molar refractivity (Wildman–Crippen MR) is 114 cm³/mol. The molecule has 31 heavy (non-hydrogen) atoms. The minimum absolute atomic E-state index is 0.230. The van der Waals surface area contributed by atoms with Crippen LogP contribution in [0.1, 0.15) is 66.2 Å². The molecule has 3 aliphatic heterocycles. The van der Waals surface area contributed by atoms with Crippen molar-refractivity contribution in [2.24, 2.45) is 17.8 Å². The average molecular weight is 439 g/mol. The molecule has 3 saturated heterocycles. The molecular weight excluding hydrogens is 400 g/mol. The number of hydrogen-bond donors (Lipinski definition) is 2. The highest BCUT2D eigenvalue weighted by atomic mass is 16.6. The minimum atomic E-state index is -1.03. The standard InChI is InChI=1S/C23H38N2O6/c1-5-7-8-11-24-20(27)19-23-10-9-16(31-23)17(22(29)30-6-2)18(23)21(28)25(19)15(13-26)12-14(3)4/h14-19,26H,5-13H2,1-4H3,(H,24,27)/t15-,16+,17-,18-,19+,23-/m1/s1. The summed E-state index contributed by atoms with van der Waals surface area (Å²) in [6, 6.07) is -1.34. The summed E-state index contributed by atoms with van der Waals surface area (Å²) in [5.74, 6) is -2.15. The number of amides is 2. The maximum absolute atomic E-state index is 13.7. The minimum Gasteiger partial charge on any atom is -0.466 e. The van der Waals surface area contributed by atoms with Crippen LogP contribution < -0.4 is 5.32 Å². The summed E-state index contributed by atoms with van der Waals surface area (Å²) in [7, 11) is 0. The van der Waals surface area contributed by atoms with Crippen LogP contribution in [0.2, 0.25) is 0 Å². The smallest absolute Gasteiger partial charge is 0.312 e. The number of unbranched alkanes of at least 4 members (excludes halogenated alkanes) is 2. The van der Waals surface area contributed by atoms with E-state index < -0.39 is 41.6 Å². The lowest BCUT2D eigenvalue weighted by atomic mass is 9.71. The Kier molecular flexibility index (Phi) is 7.63. The number of likely N-dealkylation sites (tertiary alicyclic amines) is 1. The van der Waals surface area contributed by atoms with E-state index >= 15 is 0 Å². The first-order valence-corrected chi connectivity index (χ1v) is 11.9. The van der Waals surface area contributed by atoms with Crippen LogP contribution in [0, 0.1) is 17.8 Å². The van der Waals surface area contributed by atoms with E-state index in [2.05, 4.69) is 12.2 Å². The molecule has 6 atom stereocenters. The second-order valence-corrected chi connectivity index (χ2v) is 9.52. The number of rotatable bonds is 11. The summed E-state index contributed by atoms with van der Waals surface area (Å²) < 4.78 is 11.6. The van der Waals surface area contributed by atoms with Gasteiger partial charge in [-0.1, -0.05) is 33.6 Å². The van der Waals surface area contributed by atoms with E-state index in [9.17, 15) is 19.5 Å². The molecule has 1 spiro atoms. The van der Waals surface area contributed by atoms with Crippen LogP contribution in [-0.2, 0) is 23.9 Å². The van der Waals surface area contributed by atoms with E-state index in [1.165, 1.54) is 4.90 Å². The summed E-state index contributed by atoms with van der Waals surface area (Å²) >= 11 is 0. The molecule has 0 radical (unpaired) electrons. The Labute approximate surface area is 185 Å². The number of aliphatic hydroxyl groups is 1. The van der Waals surface area contributed by atoms with Gasteiger partial charge in [0.05, 0.1) is 37.2 Å². The molecule has 0 aliphatic carbocycles. The zero-order chi connectivity index (χ0) is 22.8. The first-order valence-electron chi connectivity index (χ1n) is 11.9. The monoisotopic (exact) mass is 438 g/mol. The van der Waals surface area contributed by atoms with Gasteiger partial charge in [-0.2, -0.15) is 0 Å². The van der Waals surface area contributed by atoms with Crippen LogP contribution in [0.5, 0.6) is 0 Å². The van der Waals surface area contributed by atoms with Gasteiger partial charge >= 0.3 is 5.97 Å². The number of ether oxygens (including phenoxy) is 2. The first-order chi connectivity index (χ1) is 14.8. The summed E-state index contributed by atoms with van der Waals surface area (Å²) in [4.78, 5) is 41.4. The topological polar surface area (TPSA) is 105 Å². The third-order valence-corrected chi connectivity index (χ3v) is 6.97. The maximum atomic E-state index is 13.7. The quantitative estimate of drug-likeness (QED) is 0.375. The number of hydrogen-bond acceptors (Lipinski definition) is 6. The van der Waals surface area contributed by atoms with E-state index in [1.54, 1.807) is 6.92 Å². The fourth-order valence-electron chi connectivity index (χ4n) is 5.79. The van der Waals surface area contributed by atoms with Crippen LogP contribution in [0.25, 0.3) is 0 Å². The van der Waals surface area contributed by atoms with Crippen molar-refractivity contribution in [3.05, 3.63) is 0 Å². The summed E-state index contributed by atoms with van der Waals surface area (Å²) in [5.41, 5.74) is -1.03. The number of nitrogens with one attached hydrogen (secondary N) is 1. The van der Waals surface area contributed by atoms with E-state index in [-0.39, 0.29) is 30.9 Å². The molecule has 176 valence electrons. The van der Waals surface area contributed by atoms with Crippen molar-refractivity contribution in [2.75, 3.05) is 19.8 Å². The van der Waals surface area contributed by atoms with Gasteiger partial charge in [-0.05, 0) is 38.5 Å². The fourth-order valence-corrected chi connectivity index (χ4v) is 5.79. The largest absolute Gasteiger partial charge is 0.466 e. The molecule has 3 rings (SSSR count). The number of aliphatic hydroxyl groups excluding tert-OH is 1. The molecular formula is C23H38N2O6. The van der Waals surface area contributed by atoms with E-state index in [0.29, 0.717) is 25.8 Å². The Bertz CT molecular complexity index is 683. The first kappa shape index (κ1) is 24.0. The second-order valence-electron chi connectivity index (χ2n) is 9.52. The molecule has 0 unspecified atom stereocenters. The van der Waals surface area contributed by atoms with Crippen LogP contribution in [-0.4, -0.2) is 71.3 Å². The predicted octanol–water partition coefficient (Wildman–Crippen LogP) is 1.64. The molecule has 3 fully saturated rings. The van der Waals surface area contributed by atoms with Crippen molar-refractivity contribution in [1.29, 1.82) is 0 Å².